The van der Waals surface area contributed by atoms with E-state index in [0.717, 1.165) is 6.42 Å². The van der Waals surface area contributed by atoms with Gasteiger partial charge < -0.3 is 24.1 Å². The average Bonchev–Trinajstić information content (AvgIpc) is 3.32. The number of hydrogen-bond acceptors (Lipinski definition) is 6. The molecule has 1 fully saturated rings. The summed E-state index contributed by atoms with van der Waals surface area (Å²) >= 11 is 0. The van der Waals surface area contributed by atoms with Crippen LogP contribution in [0.25, 0.3) is 5.76 Å². The molecule has 1 saturated heterocycles. The van der Waals surface area contributed by atoms with Crippen LogP contribution in [0.2, 0.25) is 0 Å². The van der Waals surface area contributed by atoms with Crippen LogP contribution in [0.1, 0.15) is 30.7 Å². The van der Waals surface area contributed by atoms with Gasteiger partial charge in [0.2, 0.25) is 0 Å². The number of rotatable bonds is 8. The van der Waals surface area contributed by atoms with Gasteiger partial charge in [0.05, 0.1) is 18.4 Å². The molecule has 0 spiro atoms. The third kappa shape index (κ3) is 4.35. The van der Waals surface area contributed by atoms with Gasteiger partial charge in [-0.25, -0.2) is 0 Å². The standard InChI is InChI=1S/C22H26N2O5/c1-4-12-28-16-8-5-7-15(14-16)20(25)18-19(17-9-6-13-29-17)24(11-10-23(2)3)22(27)21(18)26/h5-9,13-14,19,25H,4,10-12H2,1-3H3/t19-/m0/s1. The van der Waals surface area contributed by atoms with Gasteiger partial charge >= 0.3 is 0 Å². The summed E-state index contributed by atoms with van der Waals surface area (Å²) in [5, 5.41) is 11.0. The number of hydrogen-bond donors (Lipinski definition) is 1. The largest absolute Gasteiger partial charge is 0.507 e. The first-order chi connectivity index (χ1) is 13.9. The van der Waals surface area contributed by atoms with E-state index in [2.05, 4.69) is 0 Å². The monoisotopic (exact) mass is 398 g/mol. The molecular weight excluding hydrogens is 372 g/mol. The first kappa shape index (κ1) is 20.7. The van der Waals surface area contributed by atoms with E-state index in [1.54, 1.807) is 36.4 Å². The molecule has 2 aromatic rings. The van der Waals surface area contributed by atoms with Crippen molar-refractivity contribution in [3.63, 3.8) is 0 Å². The first-order valence-electron chi connectivity index (χ1n) is 9.63. The van der Waals surface area contributed by atoms with Crippen molar-refractivity contribution in [1.82, 2.24) is 9.80 Å². The van der Waals surface area contributed by atoms with Crippen LogP contribution in [0.3, 0.4) is 0 Å². The topological polar surface area (TPSA) is 83.2 Å². The molecule has 1 N–H and O–H groups in total. The van der Waals surface area contributed by atoms with Crippen LogP contribution in [0.15, 0.2) is 52.7 Å². The van der Waals surface area contributed by atoms with Crippen LogP contribution < -0.4 is 4.74 Å². The van der Waals surface area contributed by atoms with Crippen molar-refractivity contribution >= 4 is 17.4 Å². The number of Topliss-reactive ketones (excluding diaryl/α,β-unsaturated/α-hetero) is 1. The van der Waals surface area contributed by atoms with Gasteiger partial charge in [0.1, 0.15) is 23.3 Å². The normalized spacial score (nSPS) is 18.6. The fourth-order valence-electron chi connectivity index (χ4n) is 3.27. The van der Waals surface area contributed by atoms with E-state index in [4.69, 9.17) is 9.15 Å². The number of likely N-dealkylation sites (tertiary alicyclic amines) is 1. The van der Waals surface area contributed by atoms with E-state index in [-0.39, 0.29) is 11.3 Å². The Hall–Kier alpha value is -3.06. The Bertz CT molecular complexity index is 902. The Morgan fingerprint density at radius 1 is 1.24 bits per heavy atom. The van der Waals surface area contributed by atoms with Crippen LogP contribution in [0, 0.1) is 0 Å². The zero-order valence-corrected chi connectivity index (χ0v) is 16.9. The second kappa shape index (κ2) is 8.96. The first-order valence-corrected chi connectivity index (χ1v) is 9.63. The number of ether oxygens (including phenoxy) is 1. The average molecular weight is 398 g/mol. The van der Waals surface area contributed by atoms with Crippen LogP contribution in [-0.2, 0) is 9.59 Å². The highest BCUT2D eigenvalue weighted by Crippen LogP contribution is 2.39. The number of furan rings is 1. The summed E-state index contributed by atoms with van der Waals surface area (Å²) in [7, 11) is 3.78. The zero-order valence-electron chi connectivity index (χ0n) is 16.9. The molecule has 3 rings (SSSR count). The lowest BCUT2D eigenvalue weighted by Crippen LogP contribution is -2.35. The quantitative estimate of drug-likeness (QED) is 0.418. The van der Waals surface area contributed by atoms with Crippen molar-refractivity contribution in [3.05, 3.63) is 59.6 Å². The Morgan fingerprint density at radius 3 is 2.69 bits per heavy atom. The number of nitrogens with zero attached hydrogens (tertiary/aromatic N) is 2. The van der Waals surface area contributed by atoms with Gasteiger partial charge in [-0.1, -0.05) is 19.1 Å². The third-order valence-corrected chi connectivity index (χ3v) is 4.72. The van der Waals surface area contributed by atoms with Gasteiger partial charge in [-0.15, -0.1) is 0 Å². The molecule has 1 aliphatic heterocycles. The Labute approximate surface area is 170 Å². The number of ketones is 1. The van der Waals surface area contributed by atoms with Crippen molar-refractivity contribution < 1.29 is 23.8 Å². The predicted molar refractivity (Wildman–Crippen MR) is 108 cm³/mol. The highest BCUT2D eigenvalue weighted by molar-refractivity contribution is 6.46. The molecule has 0 saturated carbocycles. The van der Waals surface area contributed by atoms with Crippen LogP contribution >= 0.6 is 0 Å². The fourth-order valence-corrected chi connectivity index (χ4v) is 3.27. The molecule has 1 amide bonds. The van der Waals surface area contributed by atoms with Crippen molar-refractivity contribution in [2.45, 2.75) is 19.4 Å². The van der Waals surface area contributed by atoms with Crippen molar-refractivity contribution in [1.29, 1.82) is 0 Å². The van der Waals surface area contributed by atoms with E-state index >= 15 is 0 Å². The number of carbonyl (C=O) groups is 2. The summed E-state index contributed by atoms with van der Waals surface area (Å²) < 4.78 is 11.1. The number of likely N-dealkylation sites (N-methyl/N-ethyl adjacent to an activating group) is 1. The number of aliphatic hydroxyl groups excluding tert-OH is 1. The molecule has 7 heteroatoms. The Morgan fingerprint density at radius 2 is 2.03 bits per heavy atom. The number of aliphatic hydroxyl groups is 1. The number of amides is 1. The molecular formula is C22H26N2O5. The third-order valence-electron chi connectivity index (χ3n) is 4.72. The minimum Gasteiger partial charge on any atom is -0.507 e. The molecule has 7 nitrogen and oxygen atoms in total. The summed E-state index contributed by atoms with van der Waals surface area (Å²) in [6, 6.07) is 9.49. The summed E-state index contributed by atoms with van der Waals surface area (Å²) in [4.78, 5) is 28.9. The van der Waals surface area contributed by atoms with Gasteiger partial charge in [-0.3, -0.25) is 9.59 Å². The van der Waals surface area contributed by atoms with Gasteiger partial charge in [-0.05, 0) is 44.8 Å². The van der Waals surface area contributed by atoms with Crippen molar-refractivity contribution in [3.8, 4) is 5.75 Å². The summed E-state index contributed by atoms with van der Waals surface area (Å²) in [6.45, 7) is 3.46. The molecule has 1 aromatic carbocycles. The van der Waals surface area contributed by atoms with Crippen LogP contribution in [-0.4, -0.2) is 60.4 Å². The maximum absolute atomic E-state index is 12.8. The highest BCUT2D eigenvalue weighted by Gasteiger charge is 2.47. The van der Waals surface area contributed by atoms with Gasteiger partial charge in [-0.2, -0.15) is 0 Å². The smallest absolute Gasteiger partial charge is 0.295 e. The van der Waals surface area contributed by atoms with E-state index < -0.39 is 17.7 Å². The summed E-state index contributed by atoms with van der Waals surface area (Å²) in [6.07, 6.45) is 2.34. The van der Waals surface area contributed by atoms with E-state index in [1.165, 1.54) is 11.2 Å². The molecule has 2 heterocycles. The molecule has 154 valence electrons. The lowest BCUT2D eigenvalue weighted by atomic mass is 9.99. The summed E-state index contributed by atoms with van der Waals surface area (Å²) in [5.74, 6) is -0.579. The molecule has 0 aliphatic carbocycles. The maximum atomic E-state index is 12.8. The molecule has 0 bridgehead atoms. The Kier molecular flexibility index (Phi) is 6.39. The summed E-state index contributed by atoms with van der Waals surface area (Å²) in [5.41, 5.74) is 0.442. The minimum atomic E-state index is -0.773. The SMILES string of the molecule is CCCOc1cccc(C(O)=C2C(=O)C(=O)N(CCN(C)C)[C@H]2c2ccco2)c1. The van der Waals surface area contributed by atoms with Gasteiger partial charge in [0.25, 0.3) is 11.7 Å². The second-order valence-electron chi connectivity index (χ2n) is 7.19. The van der Waals surface area contributed by atoms with Gasteiger partial charge in [0.15, 0.2) is 0 Å². The molecule has 29 heavy (non-hydrogen) atoms. The predicted octanol–water partition coefficient (Wildman–Crippen LogP) is 3.05. The molecule has 1 atom stereocenters. The van der Waals surface area contributed by atoms with Crippen LogP contribution in [0.5, 0.6) is 5.75 Å². The molecule has 0 unspecified atom stereocenters. The number of benzene rings is 1. The maximum Gasteiger partial charge on any atom is 0.295 e. The lowest BCUT2D eigenvalue weighted by Gasteiger charge is -2.24. The number of carbonyl (C=O) groups excluding carboxylic acids is 2. The highest BCUT2D eigenvalue weighted by atomic mass is 16.5. The van der Waals surface area contributed by atoms with Crippen molar-refractivity contribution in [2.24, 2.45) is 0 Å². The Balaban J connectivity index is 2.04. The van der Waals surface area contributed by atoms with Crippen LogP contribution in [0.4, 0.5) is 0 Å². The van der Waals surface area contributed by atoms with E-state index in [9.17, 15) is 14.7 Å². The van der Waals surface area contributed by atoms with E-state index in [0.29, 0.717) is 36.8 Å². The molecule has 1 aliphatic rings. The minimum absolute atomic E-state index is 0.0244. The lowest BCUT2D eigenvalue weighted by molar-refractivity contribution is -0.140. The fraction of sp³-hybridized carbons (Fsp3) is 0.364. The molecule has 0 radical (unpaired) electrons. The zero-order chi connectivity index (χ0) is 21.0. The van der Waals surface area contributed by atoms with Crippen molar-refractivity contribution in [2.75, 3.05) is 33.8 Å². The van der Waals surface area contributed by atoms with Gasteiger partial charge in [0, 0.05) is 18.7 Å². The second-order valence-corrected chi connectivity index (χ2v) is 7.19. The molecule has 1 aromatic heterocycles. The van der Waals surface area contributed by atoms with E-state index in [1.807, 2.05) is 25.9 Å².